The summed E-state index contributed by atoms with van der Waals surface area (Å²) < 4.78 is 26.6. The minimum atomic E-state index is -0.893. The van der Waals surface area contributed by atoms with Crippen molar-refractivity contribution < 1.29 is 29.2 Å². The van der Waals surface area contributed by atoms with E-state index in [4.69, 9.17) is 24.1 Å². The number of nitrogens with zero attached hydrogens (tertiary/aromatic N) is 2. The molecule has 3 aliphatic heterocycles. The fraction of sp³-hybridized carbons (Fsp3) is 1.00. The van der Waals surface area contributed by atoms with Crippen LogP contribution in [0.3, 0.4) is 0 Å². The van der Waals surface area contributed by atoms with Gasteiger partial charge in [0.25, 0.3) is 0 Å². The molecule has 298 valence electrons. The third kappa shape index (κ3) is 6.12. The van der Waals surface area contributed by atoms with Gasteiger partial charge in [-0.3, -0.25) is 4.90 Å². The van der Waals surface area contributed by atoms with Crippen LogP contribution >= 0.6 is 0 Å². The summed E-state index contributed by atoms with van der Waals surface area (Å²) in [5.74, 6) is 3.04. The molecule has 0 aromatic rings. The second-order valence-corrected chi connectivity index (χ2v) is 20.6. The van der Waals surface area contributed by atoms with E-state index in [1.807, 2.05) is 20.8 Å². The highest BCUT2D eigenvalue weighted by Crippen LogP contribution is 2.87. The maximum atomic E-state index is 11.0. The van der Waals surface area contributed by atoms with Crippen LogP contribution in [-0.4, -0.2) is 115 Å². The van der Waals surface area contributed by atoms with Gasteiger partial charge in [0, 0.05) is 38.9 Å². The van der Waals surface area contributed by atoms with Gasteiger partial charge in [-0.2, -0.15) is 0 Å². The Hall–Kier alpha value is -0.320. The molecule has 6 saturated carbocycles. The molecule has 0 aromatic carbocycles. The Bertz CT molecular complexity index is 1250. The van der Waals surface area contributed by atoms with Gasteiger partial charge in [-0.25, -0.2) is 0 Å². The highest BCUT2D eigenvalue weighted by molar-refractivity contribution is 5.29. The van der Waals surface area contributed by atoms with Gasteiger partial charge in [-0.1, -0.05) is 27.2 Å². The maximum absolute atomic E-state index is 11.0. The molecule has 6 aliphatic carbocycles. The highest BCUT2D eigenvalue weighted by atomic mass is 16.7. The Morgan fingerprint density at radius 3 is 2.23 bits per heavy atom. The Morgan fingerprint density at radius 1 is 0.808 bits per heavy atom. The molecular weight excluding hydrogens is 652 g/mol. The second kappa shape index (κ2) is 14.3. The third-order valence-electron chi connectivity index (χ3n) is 17.9. The number of piperidine rings is 1. The molecule has 8 nitrogen and oxygen atoms in total. The summed E-state index contributed by atoms with van der Waals surface area (Å²) in [5, 5.41) is 18.0. The molecule has 0 amide bonds. The number of hydrogen-bond donors (Lipinski definition) is 2. The van der Waals surface area contributed by atoms with E-state index in [1.54, 1.807) is 0 Å². The van der Waals surface area contributed by atoms with Gasteiger partial charge in [-0.15, -0.1) is 0 Å². The average Bonchev–Trinajstić information content (AvgIpc) is 3.68. The van der Waals surface area contributed by atoms with Crippen LogP contribution in [0.15, 0.2) is 0 Å². The van der Waals surface area contributed by atoms with Crippen LogP contribution in [0.4, 0.5) is 0 Å². The lowest BCUT2D eigenvalue weighted by Gasteiger charge is -2.60. The van der Waals surface area contributed by atoms with Gasteiger partial charge in [0.1, 0.15) is 6.10 Å². The van der Waals surface area contributed by atoms with E-state index < -0.39 is 5.60 Å². The van der Waals surface area contributed by atoms with E-state index >= 15 is 0 Å². The Labute approximate surface area is 316 Å². The van der Waals surface area contributed by atoms with E-state index in [0.717, 1.165) is 57.0 Å². The number of aliphatic hydroxyl groups excluding tert-OH is 1. The van der Waals surface area contributed by atoms with Crippen molar-refractivity contribution in [2.45, 2.75) is 186 Å². The SMILES string of the molecule is CCOC(C1CCC2C(CC3C4CCC5C(C)(C)C(OC6CN(C7CCN(C8CCC8)CC7)CCO6)CCC56CC46CCC23C)O1)C(C)(C)O.CO. The first-order valence-corrected chi connectivity index (χ1v) is 22.1. The summed E-state index contributed by atoms with van der Waals surface area (Å²) in [4.78, 5) is 5.51. The molecule has 9 fully saturated rings. The lowest BCUT2D eigenvalue weighted by atomic mass is 9.46. The maximum Gasteiger partial charge on any atom is 0.170 e. The highest BCUT2D eigenvalue weighted by Gasteiger charge is 2.80. The number of rotatable bonds is 8. The van der Waals surface area contributed by atoms with Crippen LogP contribution in [-0.2, 0) is 18.9 Å². The number of morpholine rings is 1. The van der Waals surface area contributed by atoms with Crippen molar-refractivity contribution in [2.75, 3.05) is 46.5 Å². The molecule has 12 atom stereocenters. The third-order valence-corrected chi connectivity index (χ3v) is 17.9. The van der Waals surface area contributed by atoms with Crippen LogP contribution in [0, 0.1) is 45.3 Å². The first kappa shape index (κ1) is 38.5. The minimum Gasteiger partial charge on any atom is -0.400 e. The van der Waals surface area contributed by atoms with Gasteiger partial charge in [-0.05, 0) is 169 Å². The smallest absolute Gasteiger partial charge is 0.170 e. The zero-order chi connectivity index (χ0) is 36.7. The molecule has 2 N–H and O–H groups in total. The van der Waals surface area contributed by atoms with Crippen LogP contribution in [0.5, 0.6) is 0 Å². The number of ether oxygens (including phenoxy) is 4. The van der Waals surface area contributed by atoms with Crippen LogP contribution in [0.2, 0.25) is 0 Å². The van der Waals surface area contributed by atoms with Crippen molar-refractivity contribution in [3.05, 3.63) is 0 Å². The van der Waals surface area contributed by atoms with Gasteiger partial charge in [0.05, 0.1) is 30.5 Å². The van der Waals surface area contributed by atoms with E-state index in [0.29, 0.717) is 47.0 Å². The minimum absolute atomic E-state index is 0.00167. The van der Waals surface area contributed by atoms with Crippen molar-refractivity contribution in [3.63, 3.8) is 0 Å². The monoisotopic (exact) mass is 729 g/mol. The quantitative estimate of drug-likeness (QED) is 0.276. The average molecular weight is 729 g/mol. The van der Waals surface area contributed by atoms with Crippen molar-refractivity contribution in [2.24, 2.45) is 45.3 Å². The summed E-state index contributed by atoms with van der Waals surface area (Å²) in [5.41, 5.74) is 0.746. The lowest BCUT2D eigenvalue weighted by Crippen LogP contribution is -2.57. The van der Waals surface area contributed by atoms with Crippen molar-refractivity contribution in [1.29, 1.82) is 0 Å². The first-order valence-electron chi connectivity index (χ1n) is 22.1. The first-order chi connectivity index (χ1) is 24.9. The lowest BCUT2D eigenvalue weighted by molar-refractivity contribution is -0.248. The standard InChI is InChI=1S/C43H72N2O5.CH4O/c1-7-47-38(40(4,5)46)33-13-11-31-34(49-33)25-32-30-12-14-35-39(2,3)36(15-18-43(35)27-42(30,43)20-19-41(31,32)6)50-37-26-45(23-24-48-37)29-16-21-44(22-17-29)28-9-8-10-28;1-2/h28-38,46H,7-27H2,1-6H3;2H,1H3. The van der Waals surface area contributed by atoms with Gasteiger partial charge >= 0.3 is 0 Å². The summed E-state index contributed by atoms with van der Waals surface area (Å²) in [6.07, 6.45) is 20.3. The van der Waals surface area contributed by atoms with Gasteiger partial charge in [0.15, 0.2) is 6.29 Å². The molecule has 0 radical (unpaired) electrons. The van der Waals surface area contributed by atoms with Crippen LogP contribution in [0.1, 0.15) is 138 Å². The summed E-state index contributed by atoms with van der Waals surface area (Å²) in [7, 11) is 1.00. The Balaban J connectivity index is 0.00000190. The number of aliphatic hydroxyl groups is 2. The number of fused-ring (bicyclic) bond motifs is 4. The van der Waals surface area contributed by atoms with E-state index in [1.165, 1.54) is 103 Å². The molecule has 12 unspecified atom stereocenters. The zero-order valence-electron chi connectivity index (χ0n) is 34.1. The molecule has 52 heavy (non-hydrogen) atoms. The van der Waals surface area contributed by atoms with Crippen LogP contribution < -0.4 is 0 Å². The fourth-order valence-corrected chi connectivity index (χ4v) is 15.3. The predicted molar refractivity (Wildman–Crippen MR) is 204 cm³/mol. The van der Waals surface area contributed by atoms with Gasteiger partial charge in [0.2, 0.25) is 0 Å². The zero-order valence-corrected chi connectivity index (χ0v) is 34.1. The van der Waals surface area contributed by atoms with Crippen molar-refractivity contribution in [3.8, 4) is 0 Å². The summed E-state index contributed by atoms with van der Waals surface area (Å²) in [6, 6.07) is 1.58. The van der Waals surface area contributed by atoms with Gasteiger partial charge < -0.3 is 34.1 Å². The molecule has 0 aromatic heterocycles. The Morgan fingerprint density at radius 2 is 1.54 bits per heavy atom. The molecule has 8 heteroatoms. The molecule has 3 saturated heterocycles. The largest absolute Gasteiger partial charge is 0.400 e. The topological polar surface area (TPSA) is 83.9 Å². The molecule has 9 rings (SSSR count). The van der Waals surface area contributed by atoms with E-state index in [2.05, 4.69) is 30.6 Å². The van der Waals surface area contributed by atoms with E-state index in [9.17, 15) is 5.11 Å². The predicted octanol–water partition coefficient (Wildman–Crippen LogP) is 7.04. The van der Waals surface area contributed by atoms with Crippen molar-refractivity contribution in [1.82, 2.24) is 9.80 Å². The fourth-order valence-electron chi connectivity index (χ4n) is 15.3. The summed E-state index contributed by atoms with van der Waals surface area (Å²) in [6.45, 7) is 19.7. The van der Waals surface area contributed by atoms with Crippen LogP contribution in [0.25, 0.3) is 0 Å². The number of likely N-dealkylation sites (tertiary alicyclic amines) is 1. The summed E-state index contributed by atoms with van der Waals surface area (Å²) >= 11 is 0. The van der Waals surface area contributed by atoms with Crippen molar-refractivity contribution >= 4 is 0 Å². The normalized spacial score (nSPS) is 47.0. The Kier molecular flexibility index (Phi) is 10.6. The molecular formula is C44H76N2O6. The number of hydrogen-bond acceptors (Lipinski definition) is 8. The molecule has 9 aliphatic rings. The molecule has 0 bridgehead atoms. The molecule has 3 heterocycles. The van der Waals surface area contributed by atoms with E-state index in [-0.39, 0.29) is 23.9 Å². The molecule has 2 spiro atoms. The second-order valence-electron chi connectivity index (χ2n) is 20.6.